The Morgan fingerprint density at radius 1 is 0.958 bits per heavy atom. The highest BCUT2D eigenvalue weighted by atomic mass is 32.1. The van der Waals surface area contributed by atoms with Gasteiger partial charge in [-0.1, -0.05) is 32.9 Å². The zero-order valence-electron chi connectivity index (χ0n) is 14.1. The number of thiophene rings is 1. The molecule has 0 fully saturated rings. The molecule has 0 aliphatic carbocycles. The van der Waals surface area contributed by atoms with Crippen LogP contribution in [0.2, 0.25) is 0 Å². The third-order valence-electron chi connectivity index (χ3n) is 4.29. The highest BCUT2D eigenvalue weighted by molar-refractivity contribution is 7.19. The highest BCUT2D eigenvalue weighted by Gasteiger charge is 2.14. The average Bonchev–Trinajstić information content (AvgIpc) is 3.18. The summed E-state index contributed by atoms with van der Waals surface area (Å²) in [5.74, 6) is 0.973. The standard InChI is InChI=1S/C20H20N2S2/c1-12(2)18-10-16-19(23-18)9-14(11-21-16)8-13(3)20-22-15-6-4-5-7-17(15)24-20/h4-7,9-13H,8H2,1-3H3. The molecule has 0 aliphatic heterocycles. The van der Waals surface area contributed by atoms with Crippen molar-refractivity contribution in [2.45, 2.75) is 39.0 Å². The zero-order valence-corrected chi connectivity index (χ0v) is 15.7. The van der Waals surface area contributed by atoms with Gasteiger partial charge in [-0.15, -0.1) is 22.7 Å². The first-order valence-corrected chi connectivity index (χ1v) is 9.97. The van der Waals surface area contributed by atoms with Crippen molar-refractivity contribution in [3.8, 4) is 0 Å². The first-order valence-electron chi connectivity index (χ1n) is 8.34. The highest BCUT2D eigenvalue weighted by Crippen LogP contribution is 2.32. The van der Waals surface area contributed by atoms with Gasteiger partial charge in [0, 0.05) is 17.0 Å². The predicted molar refractivity (Wildman–Crippen MR) is 105 cm³/mol. The number of benzene rings is 1. The predicted octanol–water partition coefficient (Wildman–Crippen LogP) is 6.38. The van der Waals surface area contributed by atoms with E-state index in [-0.39, 0.29) is 0 Å². The van der Waals surface area contributed by atoms with E-state index in [4.69, 9.17) is 4.98 Å². The SMILES string of the molecule is CC(C)c1cc2ncc(CC(C)c3nc4ccccc4s3)cc2s1. The topological polar surface area (TPSA) is 25.8 Å². The van der Waals surface area contributed by atoms with Crippen molar-refractivity contribution >= 4 is 43.1 Å². The minimum absolute atomic E-state index is 0.409. The lowest BCUT2D eigenvalue weighted by atomic mass is 10.0. The molecule has 24 heavy (non-hydrogen) atoms. The first-order chi connectivity index (χ1) is 11.6. The molecule has 0 saturated carbocycles. The fraction of sp³-hybridized carbons (Fsp3) is 0.300. The Morgan fingerprint density at radius 3 is 2.58 bits per heavy atom. The lowest BCUT2D eigenvalue weighted by Gasteiger charge is -2.07. The molecule has 0 spiro atoms. The van der Waals surface area contributed by atoms with E-state index in [9.17, 15) is 0 Å². The Bertz CT molecular complexity index is 964. The van der Waals surface area contributed by atoms with Crippen molar-refractivity contribution in [1.82, 2.24) is 9.97 Å². The van der Waals surface area contributed by atoms with Crippen molar-refractivity contribution in [2.24, 2.45) is 0 Å². The van der Waals surface area contributed by atoms with E-state index in [2.05, 4.69) is 62.2 Å². The Labute approximate surface area is 150 Å². The van der Waals surface area contributed by atoms with E-state index in [0.717, 1.165) is 17.5 Å². The number of aromatic nitrogens is 2. The number of nitrogens with zero attached hydrogens (tertiary/aromatic N) is 2. The van der Waals surface area contributed by atoms with Gasteiger partial charge >= 0.3 is 0 Å². The third kappa shape index (κ3) is 2.96. The molecule has 0 bridgehead atoms. The van der Waals surface area contributed by atoms with Gasteiger partial charge in [0.05, 0.1) is 25.4 Å². The van der Waals surface area contributed by atoms with E-state index >= 15 is 0 Å². The smallest absolute Gasteiger partial charge is 0.0970 e. The third-order valence-corrected chi connectivity index (χ3v) is 6.93. The van der Waals surface area contributed by atoms with Gasteiger partial charge in [-0.2, -0.15) is 0 Å². The molecule has 1 atom stereocenters. The summed E-state index contributed by atoms with van der Waals surface area (Å²) in [6.07, 6.45) is 3.01. The van der Waals surface area contributed by atoms with E-state index in [1.807, 2.05) is 28.9 Å². The molecular weight excluding hydrogens is 332 g/mol. The molecule has 1 unspecified atom stereocenters. The molecule has 3 aromatic heterocycles. The Hall–Kier alpha value is -1.78. The molecule has 4 heteroatoms. The number of rotatable bonds is 4. The van der Waals surface area contributed by atoms with Crippen molar-refractivity contribution in [3.05, 3.63) is 58.0 Å². The summed E-state index contributed by atoms with van der Waals surface area (Å²) < 4.78 is 2.57. The molecule has 0 N–H and O–H groups in total. The van der Waals surface area contributed by atoms with Gasteiger partial charge in [-0.3, -0.25) is 4.98 Å². The number of fused-ring (bicyclic) bond motifs is 2. The van der Waals surface area contributed by atoms with E-state index in [1.165, 1.54) is 24.8 Å². The van der Waals surface area contributed by atoms with Crippen molar-refractivity contribution in [1.29, 1.82) is 0 Å². The van der Waals surface area contributed by atoms with Crippen LogP contribution in [0.1, 0.15) is 48.1 Å². The molecule has 3 heterocycles. The second kappa shape index (κ2) is 6.26. The van der Waals surface area contributed by atoms with Crippen molar-refractivity contribution < 1.29 is 0 Å². The maximum atomic E-state index is 4.80. The number of pyridine rings is 1. The summed E-state index contributed by atoms with van der Waals surface area (Å²) in [7, 11) is 0. The second-order valence-electron chi connectivity index (χ2n) is 6.66. The Balaban J connectivity index is 1.60. The fourth-order valence-corrected chi connectivity index (χ4v) is 5.02. The van der Waals surface area contributed by atoms with E-state index in [1.54, 1.807) is 0 Å². The molecule has 0 radical (unpaired) electrons. The molecular formula is C20H20N2S2. The fourth-order valence-electron chi connectivity index (χ4n) is 2.91. The molecule has 0 aliphatic rings. The van der Waals surface area contributed by atoms with E-state index in [0.29, 0.717) is 11.8 Å². The lowest BCUT2D eigenvalue weighted by molar-refractivity contribution is 0.752. The summed E-state index contributed by atoms with van der Waals surface area (Å²) in [6.45, 7) is 6.73. The molecule has 4 rings (SSSR count). The van der Waals surface area contributed by atoms with Crippen LogP contribution in [-0.4, -0.2) is 9.97 Å². The summed E-state index contributed by atoms with van der Waals surface area (Å²) in [4.78, 5) is 10.9. The normalized spacial score (nSPS) is 13.2. The number of thiazole rings is 1. The van der Waals surface area contributed by atoms with E-state index < -0.39 is 0 Å². The van der Waals surface area contributed by atoms with Crippen LogP contribution >= 0.6 is 22.7 Å². The number of hydrogen-bond acceptors (Lipinski definition) is 4. The van der Waals surface area contributed by atoms with Crippen LogP contribution < -0.4 is 0 Å². The maximum absolute atomic E-state index is 4.80. The van der Waals surface area contributed by atoms with Gasteiger partial charge in [0.25, 0.3) is 0 Å². The lowest BCUT2D eigenvalue weighted by Crippen LogP contribution is -1.98. The van der Waals surface area contributed by atoms with Gasteiger partial charge < -0.3 is 0 Å². The maximum Gasteiger partial charge on any atom is 0.0970 e. The number of para-hydroxylation sites is 1. The molecule has 122 valence electrons. The second-order valence-corrected chi connectivity index (χ2v) is 8.83. The molecule has 4 aromatic rings. The van der Waals surface area contributed by atoms with Crippen LogP contribution in [-0.2, 0) is 6.42 Å². The molecule has 2 nitrogen and oxygen atoms in total. The Kier molecular flexibility index (Phi) is 4.10. The van der Waals surface area contributed by atoms with Gasteiger partial charge in [-0.05, 0) is 42.2 Å². The van der Waals surface area contributed by atoms with Crippen molar-refractivity contribution in [2.75, 3.05) is 0 Å². The van der Waals surface area contributed by atoms with Crippen LogP contribution in [0.15, 0.2) is 42.6 Å². The monoisotopic (exact) mass is 352 g/mol. The zero-order chi connectivity index (χ0) is 16.7. The minimum Gasteiger partial charge on any atom is -0.255 e. The Morgan fingerprint density at radius 2 is 1.79 bits per heavy atom. The van der Waals surface area contributed by atoms with Crippen molar-refractivity contribution in [3.63, 3.8) is 0 Å². The van der Waals surface area contributed by atoms with Gasteiger partial charge in [0.15, 0.2) is 0 Å². The van der Waals surface area contributed by atoms with Crippen LogP contribution in [0.3, 0.4) is 0 Å². The largest absolute Gasteiger partial charge is 0.255 e. The van der Waals surface area contributed by atoms with Gasteiger partial charge in [0.2, 0.25) is 0 Å². The van der Waals surface area contributed by atoms with Gasteiger partial charge in [-0.25, -0.2) is 4.98 Å². The summed E-state index contributed by atoms with van der Waals surface area (Å²) in [5, 5.41) is 1.21. The molecule has 0 saturated heterocycles. The molecule has 1 aromatic carbocycles. The van der Waals surface area contributed by atoms with Crippen LogP contribution in [0, 0.1) is 0 Å². The average molecular weight is 353 g/mol. The summed E-state index contributed by atoms with van der Waals surface area (Å²) >= 11 is 3.68. The first kappa shape index (κ1) is 15.7. The van der Waals surface area contributed by atoms with Crippen LogP contribution in [0.5, 0.6) is 0 Å². The quantitative estimate of drug-likeness (QED) is 0.426. The summed E-state index contributed by atoms with van der Waals surface area (Å²) in [5.41, 5.74) is 3.53. The molecule has 0 amide bonds. The van der Waals surface area contributed by atoms with Gasteiger partial charge in [0.1, 0.15) is 0 Å². The van der Waals surface area contributed by atoms with Crippen LogP contribution in [0.25, 0.3) is 20.4 Å². The number of hydrogen-bond donors (Lipinski definition) is 0. The summed E-state index contributed by atoms with van der Waals surface area (Å²) in [6, 6.07) is 12.9. The minimum atomic E-state index is 0.409. The van der Waals surface area contributed by atoms with Crippen LogP contribution in [0.4, 0.5) is 0 Å².